The van der Waals surface area contributed by atoms with Gasteiger partial charge in [0.25, 0.3) is 5.91 Å². The average Bonchev–Trinajstić information content (AvgIpc) is 3.34. The molecule has 1 aliphatic carbocycles. The Morgan fingerprint density at radius 1 is 1.25 bits per heavy atom. The first kappa shape index (κ1) is 17.2. The molecule has 0 spiro atoms. The molecule has 6 heteroatoms. The van der Waals surface area contributed by atoms with Crippen LogP contribution < -0.4 is 10.8 Å². The quantitative estimate of drug-likeness (QED) is 0.512. The minimum Gasteiger partial charge on any atom is -0.355 e. The molecule has 0 atom stereocenters. The van der Waals surface area contributed by atoms with Gasteiger partial charge in [-0.1, -0.05) is 0 Å². The second-order valence-electron chi connectivity index (χ2n) is 5.96. The monoisotopic (exact) mass is 440 g/mol. The molecule has 0 aromatic heterocycles. The van der Waals surface area contributed by atoms with Crippen LogP contribution in [-0.2, 0) is 4.84 Å². The van der Waals surface area contributed by atoms with Crippen molar-refractivity contribution in [2.24, 2.45) is 5.92 Å². The first-order valence-electron chi connectivity index (χ1n) is 7.78. The summed E-state index contributed by atoms with van der Waals surface area (Å²) >= 11 is 2.23. The first-order valence-corrected chi connectivity index (χ1v) is 8.85. The Labute approximate surface area is 153 Å². The van der Waals surface area contributed by atoms with Crippen LogP contribution in [0, 0.1) is 22.2 Å². The molecule has 0 bridgehead atoms. The van der Waals surface area contributed by atoms with E-state index in [1.165, 1.54) is 18.2 Å². The molecule has 1 saturated carbocycles. The van der Waals surface area contributed by atoms with E-state index in [4.69, 9.17) is 4.84 Å². The molecule has 2 aromatic carbocycles. The van der Waals surface area contributed by atoms with E-state index >= 15 is 0 Å². The predicted molar refractivity (Wildman–Crippen MR) is 99.7 cm³/mol. The largest absolute Gasteiger partial charge is 0.355 e. The highest BCUT2D eigenvalue weighted by molar-refractivity contribution is 14.1. The van der Waals surface area contributed by atoms with Crippen molar-refractivity contribution in [3.05, 3.63) is 56.9 Å². The Morgan fingerprint density at radius 2 is 2.04 bits per heavy atom. The number of anilines is 2. The Morgan fingerprint density at radius 3 is 2.75 bits per heavy atom. The molecule has 1 amide bonds. The number of halogens is 2. The molecule has 1 fully saturated rings. The highest BCUT2D eigenvalue weighted by Gasteiger charge is 2.22. The van der Waals surface area contributed by atoms with Gasteiger partial charge in [-0.25, -0.2) is 9.87 Å². The van der Waals surface area contributed by atoms with Crippen molar-refractivity contribution in [1.82, 2.24) is 5.48 Å². The van der Waals surface area contributed by atoms with Crippen molar-refractivity contribution in [3.63, 3.8) is 0 Å². The number of benzene rings is 2. The molecule has 24 heavy (non-hydrogen) atoms. The van der Waals surface area contributed by atoms with Crippen LogP contribution in [0.2, 0.25) is 0 Å². The van der Waals surface area contributed by atoms with Gasteiger partial charge in [0.15, 0.2) is 0 Å². The fourth-order valence-corrected chi connectivity index (χ4v) is 2.94. The molecule has 0 unspecified atom stereocenters. The third kappa shape index (κ3) is 4.45. The van der Waals surface area contributed by atoms with Gasteiger partial charge in [-0.15, -0.1) is 0 Å². The first-order chi connectivity index (χ1) is 11.5. The van der Waals surface area contributed by atoms with Crippen molar-refractivity contribution in [1.29, 1.82) is 0 Å². The molecule has 0 aliphatic heterocycles. The maximum Gasteiger partial charge on any atom is 0.276 e. The second kappa shape index (κ2) is 7.48. The topological polar surface area (TPSA) is 50.4 Å². The zero-order valence-corrected chi connectivity index (χ0v) is 15.4. The van der Waals surface area contributed by atoms with Crippen LogP contribution in [0.1, 0.15) is 28.8 Å². The number of hydroxylamine groups is 1. The van der Waals surface area contributed by atoms with Crippen LogP contribution in [0.15, 0.2) is 36.4 Å². The van der Waals surface area contributed by atoms with Gasteiger partial charge in [0, 0.05) is 9.26 Å². The number of nitrogens with one attached hydrogen (secondary N) is 2. The summed E-state index contributed by atoms with van der Waals surface area (Å²) in [6.45, 7) is 2.48. The van der Waals surface area contributed by atoms with E-state index in [1.54, 1.807) is 0 Å². The van der Waals surface area contributed by atoms with E-state index < -0.39 is 5.82 Å². The maximum atomic E-state index is 13.6. The number of hydrogen-bond acceptors (Lipinski definition) is 3. The summed E-state index contributed by atoms with van der Waals surface area (Å²) in [5, 5.41) is 3.14. The lowest BCUT2D eigenvalue weighted by atomic mass is 10.1. The summed E-state index contributed by atoms with van der Waals surface area (Å²) in [6.07, 6.45) is 2.29. The zero-order chi connectivity index (χ0) is 17.1. The van der Waals surface area contributed by atoms with Crippen LogP contribution in [0.25, 0.3) is 0 Å². The van der Waals surface area contributed by atoms with Crippen LogP contribution in [0.5, 0.6) is 0 Å². The third-order valence-electron chi connectivity index (χ3n) is 3.86. The van der Waals surface area contributed by atoms with Gasteiger partial charge < -0.3 is 5.32 Å². The van der Waals surface area contributed by atoms with Crippen molar-refractivity contribution in [2.75, 3.05) is 11.9 Å². The van der Waals surface area contributed by atoms with Gasteiger partial charge in [-0.3, -0.25) is 9.63 Å². The number of hydrogen-bond donors (Lipinski definition) is 2. The standard InChI is InChI=1S/C18H18FIN2O2/c1-11-8-14(20)5-7-16(11)21-17-9-13(19)4-6-15(17)18(23)22-24-10-12-2-3-12/h4-9,12,21H,2-3,10H2,1H3,(H,22,23). The van der Waals surface area contributed by atoms with Crippen molar-refractivity contribution < 1.29 is 14.0 Å². The summed E-state index contributed by atoms with van der Waals surface area (Å²) in [5.41, 5.74) is 5.03. The summed E-state index contributed by atoms with van der Waals surface area (Å²) in [4.78, 5) is 17.5. The van der Waals surface area contributed by atoms with E-state index in [0.717, 1.165) is 27.7 Å². The molecule has 0 radical (unpaired) electrons. The summed E-state index contributed by atoms with van der Waals surface area (Å²) in [7, 11) is 0. The van der Waals surface area contributed by atoms with Gasteiger partial charge in [0.2, 0.25) is 0 Å². The molecular weight excluding hydrogens is 422 g/mol. The Bertz CT molecular complexity index is 763. The van der Waals surface area contributed by atoms with E-state index in [2.05, 4.69) is 33.4 Å². The lowest BCUT2D eigenvalue weighted by Crippen LogP contribution is -2.25. The summed E-state index contributed by atoms with van der Waals surface area (Å²) < 4.78 is 14.8. The van der Waals surface area contributed by atoms with Crippen LogP contribution in [0.3, 0.4) is 0 Å². The van der Waals surface area contributed by atoms with E-state index in [9.17, 15) is 9.18 Å². The zero-order valence-electron chi connectivity index (χ0n) is 13.2. The van der Waals surface area contributed by atoms with E-state index in [1.807, 2.05) is 25.1 Å². The molecule has 2 N–H and O–H groups in total. The lowest BCUT2D eigenvalue weighted by Gasteiger charge is -2.14. The molecule has 0 heterocycles. The molecule has 4 nitrogen and oxygen atoms in total. The maximum absolute atomic E-state index is 13.6. The van der Waals surface area contributed by atoms with Gasteiger partial charge in [0.05, 0.1) is 17.9 Å². The SMILES string of the molecule is Cc1cc(I)ccc1Nc1cc(F)ccc1C(=O)NOCC1CC1. The predicted octanol–water partition coefficient (Wildman–Crippen LogP) is 4.55. The van der Waals surface area contributed by atoms with Gasteiger partial charge in [-0.05, 0) is 90.2 Å². The molecular formula is C18H18FIN2O2. The number of amides is 1. The fourth-order valence-electron chi connectivity index (χ4n) is 2.29. The minimum absolute atomic E-state index is 0.338. The summed E-state index contributed by atoms with van der Waals surface area (Å²) in [5.74, 6) is -0.247. The van der Waals surface area contributed by atoms with Gasteiger partial charge in [-0.2, -0.15) is 0 Å². The van der Waals surface area contributed by atoms with Crippen molar-refractivity contribution in [3.8, 4) is 0 Å². The number of rotatable bonds is 6. The fraction of sp³-hybridized carbons (Fsp3) is 0.278. The van der Waals surface area contributed by atoms with Crippen LogP contribution in [-0.4, -0.2) is 12.5 Å². The van der Waals surface area contributed by atoms with E-state index in [-0.39, 0.29) is 5.91 Å². The molecule has 2 aromatic rings. The molecule has 0 saturated heterocycles. The molecule has 3 rings (SSSR count). The normalized spacial score (nSPS) is 13.6. The number of carbonyl (C=O) groups is 1. The Balaban J connectivity index is 1.77. The van der Waals surface area contributed by atoms with Crippen molar-refractivity contribution >= 4 is 39.9 Å². The van der Waals surface area contributed by atoms with Crippen LogP contribution >= 0.6 is 22.6 Å². The number of aryl methyl sites for hydroxylation is 1. The van der Waals surface area contributed by atoms with Gasteiger partial charge in [0.1, 0.15) is 5.82 Å². The third-order valence-corrected chi connectivity index (χ3v) is 4.54. The molecule has 1 aliphatic rings. The lowest BCUT2D eigenvalue weighted by molar-refractivity contribution is 0.0271. The van der Waals surface area contributed by atoms with Crippen LogP contribution in [0.4, 0.5) is 15.8 Å². The van der Waals surface area contributed by atoms with Crippen molar-refractivity contribution in [2.45, 2.75) is 19.8 Å². The van der Waals surface area contributed by atoms with E-state index in [0.29, 0.717) is 23.8 Å². The smallest absolute Gasteiger partial charge is 0.276 e. The second-order valence-corrected chi connectivity index (χ2v) is 7.21. The molecule has 126 valence electrons. The van der Waals surface area contributed by atoms with Gasteiger partial charge >= 0.3 is 0 Å². The average molecular weight is 440 g/mol. The highest BCUT2D eigenvalue weighted by Crippen LogP contribution is 2.29. The Hall–Kier alpha value is -1.67. The summed E-state index contributed by atoms with van der Waals surface area (Å²) in [6, 6.07) is 9.91. The Kier molecular flexibility index (Phi) is 5.35. The highest BCUT2D eigenvalue weighted by atomic mass is 127. The minimum atomic E-state index is -0.406. The number of carbonyl (C=O) groups excluding carboxylic acids is 1.